The molecular formula is C14H9F2N3O2S. The van der Waals surface area contributed by atoms with Gasteiger partial charge in [0.25, 0.3) is 5.91 Å². The van der Waals surface area contributed by atoms with E-state index in [0.29, 0.717) is 10.7 Å². The highest BCUT2D eigenvalue weighted by Crippen LogP contribution is 2.17. The van der Waals surface area contributed by atoms with Gasteiger partial charge in [-0.1, -0.05) is 12.1 Å². The first-order valence-corrected chi connectivity index (χ1v) is 6.84. The number of anilines is 1. The zero-order valence-corrected chi connectivity index (χ0v) is 11.8. The van der Waals surface area contributed by atoms with Gasteiger partial charge in [0, 0.05) is 11.6 Å². The molecule has 1 heterocycles. The second kappa shape index (κ2) is 7.28. The van der Waals surface area contributed by atoms with E-state index in [-0.39, 0.29) is 11.3 Å². The van der Waals surface area contributed by atoms with Crippen molar-refractivity contribution in [2.45, 2.75) is 6.61 Å². The smallest absolute Gasteiger partial charge is 0.387 e. The van der Waals surface area contributed by atoms with Crippen molar-refractivity contribution in [3.8, 4) is 11.8 Å². The Morgan fingerprint density at radius 3 is 2.68 bits per heavy atom. The maximum absolute atomic E-state index is 12.0. The molecule has 5 nitrogen and oxygen atoms in total. The number of ether oxygens (including phenoxy) is 1. The van der Waals surface area contributed by atoms with Crippen LogP contribution in [0.5, 0.6) is 5.75 Å². The summed E-state index contributed by atoms with van der Waals surface area (Å²) >= 11 is 1.23. The Morgan fingerprint density at radius 1 is 1.41 bits per heavy atom. The maximum Gasteiger partial charge on any atom is 0.387 e. The Labute approximate surface area is 128 Å². The number of alkyl halides is 2. The van der Waals surface area contributed by atoms with Crippen LogP contribution in [0.25, 0.3) is 6.08 Å². The van der Waals surface area contributed by atoms with E-state index in [1.54, 1.807) is 11.4 Å². The molecule has 0 aliphatic heterocycles. The van der Waals surface area contributed by atoms with Crippen molar-refractivity contribution in [1.29, 1.82) is 5.26 Å². The molecule has 0 aliphatic rings. The third kappa shape index (κ3) is 4.36. The lowest BCUT2D eigenvalue weighted by atomic mass is 10.1. The Morgan fingerprint density at radius 2 is 2.14 bits per heavy atom. The number of carbonyl (C=O) groups is 1. The summed E-state index contributed by atoms with van der Waals surface area (Å²) in [5.74, 6) is -0.594. The van der Waals surface area contributed by atoms with Crippen molar-refractivity contribution in [2.75, 3.05) is 5.32 Å². The van der Waals surface area contributed by atoms with E-state index in [4.69, 9.17) is 5.26 Å². The molecule has 0 bridgehead atoms. The van der Waals surface area contributed by atoms with Gasteiger partial charge in [0.1, 0.15) is 17.4 Å². The van der Waals surface area contributed by atoms with Crippen LogP contribution in [0.4, 0.5) is 13.9 Å². The molecule has 0 fully saturated rings. The van der Waals surface area contributed by atoms with Gasteiger partial charge < -0.3 is 4.74 Å². The van der Waals surface area contributed by atoms with E-state index in [2.05, 4.69) is 15.0 Å². The van der Waals surface area contributed by atoms with Gasteiger partial charge in [-0.05, 0) is 23.8 Å². The highest BCUT2D eigenvalue weighted by molar-refractivity contribution is 7.13. The quantitative estimate of drug-likeness (QED) is 0.677. The number of nitriles is 1. The summed E-state index contributed by atoms with van der Waals surface area (Å²) in [6.45, 7) is -2.90. The summed E-state index contributed by atoms with van der Waals surface area (Å²) in [5.41, 5.74) is 0.380. The fraction of sp³-hybridized carbons (Fsp3) is 0.0714. The molecule has 0 spiro atoms. The fourth-order valence-electron chi connectivity index (χ4n) is 1.51. The first kappa shape index (κ1) is 15.6. The van der Waals surface area contributed by atoms with Crippen LogP contribution >= 0.6 is 11.3 Å². The van der Waals surface area contributed by atoms with Crippen molar-refractivity contribution in [3.63, 3.8) is 0 Å². The normalized spacial score (nSPS) is 11.1. The number of nitrogens with one attached hydrogen (secondary N) is 1. The summed E-state index contributed by atoms with van der Waals surface area (Å²) in [6.07, 6.45) is 2.87. The lowest BCUT2D eigenvalue weighted by molar-refractivity contribution is -0.112. The number of aromatic nitrogens is 1. The molecular weight excluding hydrogens is 312 g/mol. The Kier molecular flexibility index (Phi) is 5.16. The van der Waals surface area contributed by atoms with Gasteiger partial charge in [0.15, 0.2) is 5.13 Å². The predicted molar refractivity (Wildman–Crippen MR) is 77.4 cm³/mol. The zero-order valence-electron chi connectivity index (χ0n) is 11.0. The number of amides is 1. The second-order valence-electron chi connectivity index (χ2n) is 3.91. The molecule has 1 aromatic heterocycles. The molecule has 0 aliphatic carbocycles. The molecule has 2 aromatic rings. The van der Waals surface area contributed by atoms with Gasteiger partial charge in [0.05, 0.1) is 0 Å². The minimum atomic E-state index is -2.90. The number of halogens is 2. The minimum absolute atomic E-state index is 0.00195. The average Bonchev–Trinajstić information content (AvgIpc) is 2.98. The van der Waals surface area contributed by atoms with Crippen LogP contribution in [-0.4, -0.2) is 17.5 Å². The van der Waals surface area contributed by atoms with Crippen molar-refractivity contribution in [1.82, 2.24) is 4.98 Å². The standard InChI is InChI=1S/C14H9F2N3O2S/c15-13(16)21-11-3-1-9(2-4-11)7-10(8-17)12(20)19-14-18-5-6-22-14/h1-7,13H,(H,18,19,20)/b10-7-. The zero-order chi connectivity index (χ0) is 15.9. The third-order valence-corrected chi connectivity index (χ3v) is 3.12. The number of carbonyl (C=O) groups excluding carboxylic acids is 1. The van der Waals surface area contributed by atoms with Crippen LogP contribution < -0.4 is 10.1 Å². The minimum Gasteiger partial charge on any atom is -0.435 e. The number of rotatable bonds is 5. The summed E-state index contributed by atoms with van der Waals surface area (Å²) < 4.78 is 28.3. The summed E-state index contributed by atoms with van der Waals surface area (Å²) in [4.78, 5) is 15.8. The molecule has 1 amide bonds. The van der Waals surface area contributed by atoms with Crippen molar-refractivity contribution in [2.24, 2.45) is 0 Å². The van der Waals surface area contributed by atoms with Crippen molar-refractivity contribution in [3.05, 3.63) is 47.0 Å². The van der Waals surface area contributed by atoms with E-state index in [1.165, 1.54) is 47.9 Å². The Hall–Kier alpha value is -2.79. The van der Waals surface area contributed by atoms with Crippen LogP contribution in [0.15, 0.2) is 41.4 Å². The molecule has 2 rings (SSSR count). The number of hydrogen-bond donors (Lipinski definition) is 1. The monoisotopic (exact) mass is 321 g/mol. The average molecular weight is 321 g/mol. The molecule has 0 saturated heterocycles. The summed E-state index contributed by atoms with van der Waals surface area (Å²) in [5, 5.41) is 13.6. The van der Waals surface area contributed by atoms with Gasteiger partial charge in [0.2, 0.25) is 0 Å². The SMILES string of the molecule is N#C/C(=C/c1ccc(OC(F)F)cc1)C(=O)Nc1nccs1. The van der Waals surface area contributed by atoms with Crippen molar-refractivity contribution < 1.29 is 18.3 Å². The van der Waals surface area contributed by atoms with Crippen LogP contribution in [0.3, 0.4) is 0 Å². The van der Waals surface area contributed by atoms with Gasteiger partial charge in [-0.15, -0.1) is 11.3 Å². The second-order valence-corrected chi connectivity index (χ2v) is 4.80. The van der Waals surface area contributed by atoms with Gasteiger partial charge in [-0.3, -0.25) is 10.1 Å². The van der Waals surface area contributed by atoms with Crippen molar-refractivity contribution >= 4 is 28.5 Å². The lowest BCUT2D eigenvalue weighted by Gasteiger charge is -2.04. The molecule has 112 valence electrons. The number of hydrogen-bond acceptors (Lipinski definition) is 5. The third-order valence-electron chi connectivity index (χ3n) is 2.43. The Balaban J connectivity index is 2.11. The maximum atomic E-state index is 12.0. The number of benzene rings is 1. The van der Waals surface area contributed by atoms with Gasteiger partial charge in [-0.2, -0.15) is 14.0 Å². The van der Waals surface area contributed by atoms with E-state index in [0.717, 1.165) is 0 Å². The molecule has 0 radical (unpaired) electrons. The molecule has 0 unspecified atom stereocenters. The van der Waals surface area contributed by atoms with E-state index >= 15 is 0 Å². The Bertz CT molecular complexity index is 707. The topological polar surface area (TPSA) is 75.0 Å². The highest BCUT2D eigenvalue weighted by atomic mass is 32.1. The van der Waals surface area contributed by atoms with Gasteiger partial charge in [-0.25, -0.2) is 4.98 Å². The van der Waals surface area contributed by atoms with Crippen LogP contribution in [0.1, 0.15) is 5.56 Å². The lowest BCUT2D eigenvalue weighted by Crippen LogP contribution is -2.13. The van der Waals surface area contributed by atoms with Crippen LogP contribution in [0, 0.1) is 11.3 Å². The van der Waals surface area contributed by atoms with E-state index in [1.807, 2.05) is 0 Å². The first-order valence-electron chi connectivity index (χ1n) is 5.96. The fourth-order valence-corrected chi connectivity index (χ4v) is 2.03. The molecule has 0 saturated carbocycles. The summed E-state index contributed by atoms with van der Waals surface area (Å²) in [7, 11) is 0. The molecule has 0 atom stereocenters. The highest BCUT2D eigenvalue weighted by Gasteiger charge is 2.11. The van der Waals surface area contributed by atoms with E-state index < -0.39 is 12.5 Å². The van der Waals surface area contributed by atoms with Gasteiger partial charge >= 0.3 is 6.61 Å². The summed E-state index contributed by atoms with van der Waals surface area (Å²) in [6, 6.07) is 7.36. The van der Waals surface area contributed by atoms with E-state index in [9.17, 15) is 13.6 Å². The first-order chi connectivity index (χ1) is 10.6. The largest absolute Gasteiger partial charge is 0.435 e. The van der Waals surface area contributed by atoms with Crippen LogP contribution in [0.2, 0.25) is 0 Å². The molecule has 1 N–H and O–H groups in total. The predicted octanol–water partition coefficient (Wildman–Crippen LogP) is 3.29. The number of thiazole rings is 1. The molecule has 8 heteroatoms. The van der Waals surface area contributed by atoms with Crippen LogP contribution in [-0.2, 0) is 4.79 Å². The molecule has 22 heavy (non-hydrogen) atoms. The number of nitrogens with zero attached hydrogens (tertiary/aromatic N) is 2. The molecule has 1 aromatic carbocycles.